The lowest BCUT2D eigenvalue weighted by Crippen LogP contribution is -2.14. The van der Waals surface area contributed by atoms with E-state index in [1.807, 2.05) is 38.1 Å². The Labute approximate surface area is 153 Å². The van der Waals surface area contributed by atoms with Crippen LogP contribution in [0, 0.1) is 0 Å². The molecule has 1 amide bonds. The molecule has 5 heteroatoms. The van der Waals surface area contributed by atoms with Crippen LogP contribution in [0.25, 0.3) is 0 Å². The number of nitrogens with one attached hydrogen (secondary N) is 1. The second-order valence-electron chi connectivity index (χ2n) is 6.36. The van der Waals surface area contributed by atoms with Crippen molar-refractivity contribution in [3.05, 3.63) is 53.6 Å². The highest BCUT2D eigenvalue weighted by Crippen LogP contribution is 2.38. The average molecular weight is 353 g/mol. The van der Waals surface area contributed by atoms with E-state index < -0.39 is 0 Å². The third kappa shape index (κ3) is 4.23. The van der Waals surface area contributed by atoms with Crippen LogP contribution in [0.1, 0.15) is 42.6 Å². The van der Waals surface area contributed by atoms with Crippen LogP contribution < -0.4 is 14.8 Å². The van der Waals surface area contributed by atoms with Crippen molar-refractivity contribution in [2.24, 2.45) is 0 Å². The van der Waals surface area contributed by atoms with Gasteiger partial charge in [-0.05, 0) is 19.9 Å². The van der Waals surface area contributed by atoms with E-state index in [1.54, 1.807) is 18.2 Å². The second-order valence-corrected chi connectivity index (χ2v) is 6.36. The summed E-state index contributed by atoms with van der Waals surface area (Å²) in [4.78, 5) is 24.4. The molecule has 0 bridgehead atoms. The fraction of sp³-hybridized carbons (Fsp3) is 0.333. The predicted octanol–water partition coefficient (Wildman–Crippen LogP) is 4.01. The summed E-state index contributed by atoms with van der Waals surface area (Å²) in [6, 6.07) is 12.7. The van der Waals surface area contributed by atoms with Gasteiger partial charge >= 0.3 is 0 Å². The first-order valence-electron chi connectivity index (χ1n) is 8.91. The minimum atomic E-state index is -0.221. The first-order chi connectivity index (χ1) is 12.6. The van der Waals surface area contributed by atoms with Gasteiger partial charge in [0, 0.05) is 36.5 Å². The normalized spacial score (nSPS) is 15.1. The lowest BCUT2D eigenvalue weighted by molar-refractivity contribution is -0.116. The maximum Gasteiger partial charge on any atom is 0.224 e. The van der Waals surface area contributed by atoms with E-state index in [4.69, 9.17) is 9.47 Å². The number of carbonyl (C=O) groups excluding carboxylic acids is 2. The van der Waals surface area contributed by atoms with Gasteiger partial charge in [0.15, 0.2) is 5.78 Å². The molecule has 1 heterocycles. The van der Waals surface area contributed by atoms with Crippen molar-refractivity contribution in [1.29, 1.82) is 0 Å². The molecule has 1 atom stereocenters. The van der Waals surface area contributed by atoms with Crippen molar-refractivity contribution in [2.75, 3.05) is 11.9 Å². The van der Waals surface area contributed by atoms with Gasteiger partial charge in [0.1, 0.15) is 17.6 Å². The van der Waals surface area contributed by atoms with Crippen LogP contribution in [-0.2, 0) is 11.2 Å². The van der Waals surface area contributed by atoms with Crippen LogP contribution >= 0.6 is 0 Å². The van der Waals surface area contributed by atoms with Crippen LogP contribution in [0.4, 0.5) is 5.69 Å². The van der Waals surface area contributed by atoms with Gasteiger partial charge in [-0.1, -0.05) is 30.3 Å². The number of ether oxygens (including phenoxy) is 2. The Balaban J connectivity index is 1.65. The van der Waals surface area contributed by atoms with Crippen molar-refractivity contribution >= 4 is 17.4 Å². The highest BCUT2D eigenvalue weighted by Gasteiger charge is 2.22. The summed E-state index contributed by atoms with van der Waals surface area (Å²) in [6.45, 7) is 4.41. The molecule has 0 saturated carbocycles. The minimum absolute atomic E-state index is 0.0445. The van der Waals surface area contributed by atoms with Crippen molar-refractivity contribution in [3.8, 4) is 11.5 Å². The highest BCUT2D eigenvalue weighted by molar-refractivity contribution is 6.00. The first-order valence-corrected chi connectivity index (χ1v) is 8.91. The molecule has 2 aromatic carbocycles. The molecule has 2 aromatic rings. The number of hydrogen-bond acceptors (Lipinski definition) is 4. The maximum atomic E-state index is 12.3. The Hall–Kier alpha value is -2.82. The maximum absolute atomic E-state index is 12.3. The Bertz CT molecular complexity index is 801. The summed E-state index contributed by atoms with van der Waals surface area (Å²) in [5.41, 5.74) is 2.28. The number of amides is 1. The Kier molecular flexibility index (Phi) is 5.56. The van der Waals surface area contributed by atoms with Gasteiger partial charge in [0.25, 0.3) is 0 Å². The zero-order valence-electron chi connectivity index (χ0n) is 15.1. The van der Waals surface area contributed by atoms with Gasteiger partial charge in [-0.2, -0.15) is 0 Å². The van der Waals surface area contributed by atoms with Gasteiger partial charge in [-0.25, -0.2) is 0 Å². The molecule has 1 aliphatic heterocycles. The molecule has 0 fully saturated rings. The van der Waals surface area contributed by atoms with Crippen LogP contribution in [-0.4, -0.2) is 24.4 Å². The summed E-state index contributed by atoms with van der Waals surface area (Å²) >= 11 is 0. The van der Waals surface area contributed by atoms with Gasteiger partial charge in [0.05, 0.1) is 12.3 Å². The number of fused-ring (bicyclic) bond motifs is 1. The summed E-state index contributed by atoms with van der Waals surface area (Å²) in [7, 11) is 0. The fourth-order valence-electron chi connectivity index (χ4n) is 3.02. The molecule has 0 radical (unpaired) electrons. The molecule has 0 aromatic heterocycles. The fourth-order valence-corrected chi connectivity index (χ4v) is 3.02. The smallest absolute Gasteiger partial charge is 0.224 e. The molecule has 0 saturated heterocycles. The lowest BCUT2D eigenvalue weighted by Gasteiger charge is -2.13. The number of ketones is 1. The number of anilines is 1. The third-order valence-electron chi connectivity index (χ3n) is 4.25. The van der Waals surface area contributed by atoms with Crippen molar-refractivity contribution in [2.45, 2.75) is 39.2 Å². The molecule has 5 nitrogen and oxygen atoms in total. The van der Waals surface area contributed by atoms with Crippen LogP contribution in [0.3, 0.4) is 0 Å². The Morgan fingerprint density at radius 3 is 2.69 bits per heavy atom. The van der Waals surface area contributed by atoms with E-state index in [1.165, 1.54) is 0 Å². The molecule has 26 heavy (non-hydrogen) atoms. The Morgan fingerprint density at radius 1 is 1.19 bits per heavy atom. The molecule has 0 aliphatic carbocycles. The zero-order valence-corrected chi connectivity index (χ0v) is 15.1. The summed E-state index contributed by atoms with van der Waals surface area (Å²) in [6.07, 6.45) is 1.23. The number of hydrogen-bond donors (Lipinski definition) is 1. The van der Waals surface area contributed by atoms with Gasteiger partial charge in [0.2, 0.25) is 5.91 Å². The van der Waals surface area contributed by atoms with Crippen molar-refractivity contribution in [3.63, 3.8) is 0 Å². The van der Waals surface area contributed by atoms with Crippen molar-refractivity contribution in [1.82, 2.24) is 0 Å². The summed E-state index contributed by atoms with van der Waals surface area (Å²) in [5, 5.41) is 2.85. The Morgan fingerprint density at radius 2 is 1.96 bits per heavy atom. The second kappa shape index (κ2) is 8.04. The zero-order chi connectivity index (χ0) is 18.5. The predicted molar refractivity (Wildman–Crippen MR) is 100 cm³/mol. The first kappa shape index (κ1) is 18.0. The summed E-state index contributed by atoms with van der Waals surface area (Å²) < 4.78 is 11.4. The molecule has 0 spiro atoms. The average Bonchev–Trinajstić information content (AvgIpc) is 2.99. The molecular weight excluding hydrogens is 330 g/mol. The number of carbonyl (C=O) groups is 2. The van der Waals surface area contributed by atoms with Crippen LogP contribution in [0.15, 0.2) is 42.5 Å². The van der Waals surface area contributed by atoms with Crippen LogP contribution in [0.5, 0.6) is 11.5 Å². The number of Topliss-reactive ketones (excluding diaryl/α,β-unsaturated/α-hetero) is 1. The van der Waals surface area contributed by atoms with E-state index in [-0.39, 0.29) is 30.6 Å². The highest BCUT2D eigenvalue weighted by atomic mass is 16.5. The van der Waals surface area contributed by atoms with E-state index >= 15 is 0 Å². The van der Waals surface area contributed by atoms with Gasteiger partial charge < -0.3 is 14.8 Å². The molecule has 1 N–H and O–H groups in total. The molecule has 3 rings (SSSR count). The van der Waals surface area contributed by atoms with Crippen molar-refractivity contribution < 1.29 is 19.1 Å². The van der Waals surface area contributed by atoms with Crippen LogP contribution in [0.2, 0.25) is 0 Å². The van der Waals surface area contributed by atoms with E-state index in [0.717, 1.165) is 17.7 Å². The minimum Gasteiger partial charge on any atom is -0.492 e. The number of rotatable bonds is 7. The van der Waals surface area contributed by atoms with Gasteiger partial charge in [-0.15, -0.1) is 0 Å². The van der Waals surface area contributed by atoms with E-state index in [0.29, 0.717) is 23.6 Å². The monoisotopic (exact) mass is 353 g/mol. The van der Waals surface area contributed by atoms with Gasteiger partial charge in [-0.3, -0.25) is 9.59 Å². The van der Waals surface area contributed by atoms with E-state index in [2.05, 4.69) is 5.32 Å². The standard InChI is InChI=1S/C21H23NO4/c1-3-25-20-12-16-11-14(2)26-19(16)13-17(20)22-21(24)10-9-18(23)15-7-5-4-6-8-15/h4-8,12-14H,3,9-11H2,1-2H3,(H,22,24). The third-order valence-corrected chi connectivity index (χ3v) is 4.25. The largest absolute Gasteiger partial charge is 0.492 e. The SMILES string of the molecule is CCOc1cc2c(cc1NC(=O)CCC(=O)c1ccccc1)OC(C)C2. The molecule has 1 aliphatic rings. The topological polar surface area (TPSA) is 64.6 Å². The quantitative estimate of drug-likeness (QED) is 0.764. The molecule has 1 unspecified atom stereocenters. The number of benzene rings is 2. The molecular formula is C21H23NO4. The summed E-state index contributed by atoms with van der Waals surface area (Å²) in [5.74, 6) is 1.14. The van der Waals surface area contributed by atoms with E-state index in [9.17, 15) is 9.59 Å². The molecule has 136 valence electrons. The lowest BCUT2D eigenvalue weighted by atomic mass is 10.1.